The number of aliphatic hydroxyl groups is 1. The summed E-state index contributed by atoms with van der Waals surface area (Å²) in [5.74, 6) is -0.492. The number of aliphatic hydroxyl groups excluding tert-OH is 1. The van der Waals surface area contributed by atoms with Crippen molar-refractivity contribution >= 4 is 12.0 Å². The molecule has 3 nitrogen and oxygen atoms in total. The minimum absolute atomic E-state index is 0.0127. The fraction of sp³-hybridized carbons (Fsp3) is 0.286. The average molecular weight is 339 g/mol. The van der Waals surface area contributed by atoms with Crippen molar-refractivity contribution in [3.63, 3.8) is 0 Å². The van der Waals surface area contributed by atoms with E-state index in [9.17, 15) is 14.3 Å². The molecule has 1 heterocycles. The van der Waals surface area contributed by atoms with Gasteiger partial charge in [0.15, 0.2) is 0 Å². The third-order valence-corrected chi connectivity index (χ3v) is 4.53. The van der Waals surface area contributed by atoms with E-state index in [0.717, 1.165) is 12.8 Å². The van der Waals surface area contributed by atoms with Crippen molar-refractivity contribution in [2.24, 2.45) is 0 Å². The SMILES string of the molecule is O=C(CC(O)c1cccc(F)c1)N1CCC(=Cc2ccccc2)CC1. The van der Waals surface area contributed by atoms with Gasteiger partial charge >= 0.3 is 0 Å². The second kappa shape index (κ2) is 8.08. The molecule has 0 spiro atoms. The van der Waals surface area contributed by atoms with Crippen LogP contribution in [0.4, 0.5) is 4.39 Å². The highest BCUT2D eigenvalue weighted by Gasteiger charge is 2.22. The lowest BCUT2D eigenvalue weighted by molar-refractivity contribution is -0.133. The van der Waals surface area contributed by atoms with Gasteiger partial charge in [0.2, 0.25) is 5.91 Å². The van der Waals surface area contributed by atoms with E-state index in [2.05, 4.69) is 18.2 Å². The second-order valence-corrected chi connectivity index (χ2v) is 6.37. The van der Waals surface area contributed by atoms with Crippen LogP contribution in [0.25, 0.3) is 6.08 Å². The van der Waals surface area contributed by atoms with Crippen LogP contribution in [0.3, 0.4) is 0 Å². The van der Waals surface area contributed by atoms with Gasteiger partial charge in [-0.1, -0.05) is 54.1 Å². The molecule has 1 unspecified atom stereocenters. The number of carbonyl (C=O) groups is 1. The highest BCUT2D eigenvalue weighted by molar-refractivity contribution is 5.77. The Morgan fingerprint density at radius 3 is 2.52 bits per heavy atom. The topological polar surface area (TPSA) is 40.5 Å². The van der Waals surface area contributed by atoms with Crippen molar-refractivity contribution in [3.8, 4) is 0 Å². The number of nitrogens with zero attached hydrogens (tertiary/aromatic N) is 1. The van der Waals surface area contributed by atoms with Crippen molar-refractivity contribution < 1.29 is 14.3 Å². The van der Waals surface area contributed by atoms with Crippen LogP contribution >= 0.6 is 0 Å². The summed E-state index contributed by atoms with van der Waals surface area (Å²) in [6.07, 6.45) is 2.89. The monoisotopic (exact) mass is 339 g/mol. The van der Waals surface area contributed by atoms with Gasteiger partial charge in [0.05, 0.1) is 12.5 Å². The predicted molar refractivity (Wildman–Crippen MR) is 96.2 cm³/mol. The molecule has 4 heteroatoms. The molecule has 2 aromatic carbocycles. The lowest BCUT2D eigenvalue weighted by Crippen LogP contribution is -2.37. The zero-order valence-corrected chi connectivity index (χ0v) is 14.1. The molecule has 1 fully saturated rings. The van der Waals surface area contributed by atoms with Gasteiger partial charge in [-0.05, 0) is 36.1 Å². The quantitative estimate of drug-likeness (QED) is 0.916. The van der Waals surface area contributed by atoms with Gasteiger partial charge in [0, 0.05) is 13.1 Å². The number of carbonyl (C=O) groups excluding carboxylic acids is 1. The van der Waals surface area contributed by atoms with Gasteiger partial charge in [-0.3, -0.25) is 4.79 Å². The van der Waals surface area contributed by atoms with Crippen LogP contribution in [0, 0.1) is 5.82 Å². The number of rotatable bonds is 4. The van der Waals surface area contributed by atoms with E-state index in [4.69, 9.17) is 0 Å². The number of hydrogen-bond donors (Lipinski definition) is 1. The fourth-order valence-electron chi connectivity index (χ4n) is 3.10. The summed E-state index contributed by atoms with van der Waals surface area (Å²) < 4.78 is 13.2. The molecule has 0 aliphatic carbocycles. The summed E-state index contributed by atoms with van der Waals surface area (Å²) in [6.45, 7) is 1.32. The van der Waals surface area contributed by atoms with Gasteiger partial charge in [-0.15, -0.1) is 0 Å². The highest BCUT2D eigenvalue weighted by Crippen LogP contribution is 2.23. The molecule has 3 rings (SSSR count). The summed E-state index contributed by atoms with van der Waals surface area (Å²) in [5.41, 5.74) is 2.95. The first-order chi connectivity index (χ1) is 12.1. The van der Waals surface area contributed by atoms with E-state index in [1.165, 1.54) is 23.3 Å². The summed E-state index contributed by atoms with van der Waals surface area (Å²) in [5, 5.41) is 10.2. The van der Waals surface area contributed by atoms with E-state index in [1.54, 1.807) is 17.0 Å². The van der Waals surface area contributed by atoms with Crippen molar-refractivity contribution in [1.29, 1.82) is 0 Å². The first kappa shape index (κ1) is 17.4. The number of hydrogen-bond acceptors (Lipinski definition) is 2. The summed E-state index contributed by atoms with van der Waals surface area (Å²) >= 11 is 0. The van der Waals surface area contributed by atoms with Gasteiger partial charge < -0.3 is 10.0 Å². The van der Waals surface area contributed by atoms with Gasteiger partial charge in [-0.25, -0.2) is 4.39 Å². The maximum absolute atomic E-state index is 13.2. The number of halogens is 1. The van der Waals surface area contributed by atoms with Gasteiger partial charge in [-0.2, -0.15) is 0 Å². The molecule has 0 saturated carbocycles. The van der Waals surface area contributed by atoms with Crippen LogP contribution in [0.1, 0.15) is 36.5 Å². The third-order valence-electron chi connectivity index (χ3n) is 4.53. The fourth-order valence-corrected chi connectivity index (χ4v) is 3.10. The zero-order valence-electron chi connectivity index (χ0n) is 14.1. The number of likely N-dealkylation sites (tertiary alicyclic amines) is 1. The van der Waals surface area contributed by atoms with Crippen LogP contribution in [0.2, 0.25) is 0 Å². The van der Waals surface area contributed by atoms with E-state index >= 15 is 0 Å². The Bertz CT molecular complexity index is 748. The largest absolute Gasteiger partial charge is 0.388 e. The van der Waals surface area contributed by atoms with Crippen molar-refractivity contribution in [1.82, 2.24) is 4.90 Å². The van der Waals surface area contributed by atoms with Crippen LogP contribution in [-0.4, -0.2) is 29.0 Å². The molecule has 0 aromatic heterocycles. The maximum atomic E-state index is 13.2. The highest BCUT2D eigenvalue weighted by atomic mass is 19.1. The van der Waals surface area contributed by atoms with E-state index < -0.39 is 11.9 Å². The first-order valence-electron chi connectivity index (χ1n) is 8.57. The van der Waals surface area contributed by atoms with Crippen LogP contribution in [-0.2, 0) is 4.79 Å². The zero-order chi connectivity index (χ0) is 17.6. The lowest BCUT2D eigenvalue weighted by Gasteiger charge is -2.29. The molecule has 2 aromatic rings. The summed E-state index contributed by atoms with van der Waals surface area (Å²) in [7, 11) is 0. The molecular formula is C21H22FNO2. The molecule has 1 aliphatic rings. The smallest absolute Gasteiger partial charge is 0.225 e. The molecule has 0 radical (unpaired) electrons. The minimum Gasteiger partial charge on any atom is -0.388 e. The van der Waals surface area contributed by atoms with Crippen molar-refractivity contribution in [3.05, 3.63) is 77.1 Å². The molecule has 1 aliphatic heterocycles. The number of amides is 1. The molecule has 1 atom stereocenters. The average Bonchev–Trinajstić information content (AvgIpc) is 2.63. The Morgan fingerprint density at radius 1 is 1.12 bits per heavy atom. The second-order valence-electron chi connectivity index (χ2n) is 6.37. The van der Waals surface area contributed by atoms with Crippen molar-refractivity contribution in [2.75, 3.05) is 13.1 Å². The number of piperidine rings is 1. The molecule has 1 amide bonds. The predicted octanol–water partition coefficient (Wildman–Crippen LogP) is 3.96. The van der Waals surface area contributed by atoms with E-state index in [1.807, 2.05) is 18.2 Å². The Hall–Kier alpha value is -2.46. The lowest BCUT2D eigenvalue weighted by atomic mass is 10.00. The Kier molecular flexibility index (Phi) is 5.61. The Labute approximate surface area is 147 Å². The van der Waals surface area contributed by atoms with Crippen molar-refractivity contribution in [2.45, 2.75) is 25.4 Å². The Balaban J connectivity index is 1.54. The molecule has 130 valence electrons. The van der Waals surface area contributed by atoms with E-state index in [-0.39, 0.29) is 12.3 Å². The molecule has 0 bridgehead atoms. The Morgan fingerprint density at radius 2 is 1.84 bits per heavy atom. The maximum Gasteiger partial charge on any atom is 0.225 e. The minimum atomic E-state index is -0.968. The summed E-state index contributed by atoms with van der Waals surface area (Å²) in [4.78, 5) is 14.2. The normalized spacial score (nSPS) is 15.8. The van der Waals surface area contributed by atoms with Gasteiger partial charge in [0.25, 0.3) is 0 Å². The van der Waals surface area contributed by atoms with Crippen LogP contribution < -0.4 is 0 Å². The first-order valence-corrected chi connectivity index (χ1v) is 8.57. The molecule has 25 heavy (non-hydrogen) atoms. The summed E-state index contributed by atoms with van der Waals surface area (Å²) in [6, 6.07) is 15.9. The third kappa shape index (κ3) is 4.77. The number of benzene rings is 2. The molecule has 1 saturated heterocycles. The van der Waals surface area contributed by atoms with Gasteiger partial charge in [0.1, 0.15) is 5.82 Å². The standard InChI is InChI=1S/C21H22FNO2/c22-19-8-4-7-18(14-19)20(24)15-21(25)23-11-9-17(10-12-23)13-16-5-2-1-3-6-16/h1-8,13-14,20,24H,9-12,15H2. The van der Waals surface area contributed by atoms with Crippen LogP contribution in [0.5, 0.6) is 0 Å². The van der Waals surface area contributed by atoms with Crippen LogP contribution in [0.15, 0.2) is 60.2 Å². The molecule has 1 N–H and O–H groups in total. The molecular weight excluding hydrogens is 317 g/mol. The van der Waals surface area contributed by atoms with E-state index in [0.29, 0.717) is 18.7 Å².